The molecule has 0 aliphatic heterocycles. The Morgan fingerprint density at radius 2 is 1.57 bits per heavy atom. The van der Waals surface area contributed by atoms with Gasteiger partial charge in [0.2, 0.25) is 0 Å². The van der Waals surface area contributed by atoms with Crippen LogP contribution in [-0.4, -0.2) is 16.2 Å². The second-order valence-corrected chi connectivity index (χ2v) is 6.30. The third-order valence-electron chi connectivity index (χ3n) is 4.06. The molecule has 0 amide bonds. The fourth-order valence-electron chi connectivity index (χ4n) is 2.65. The van der Waals surface area contributed by atoms with Crippen molar-refractivity contribution in [1.82, 2.24) is 4.98 Å². The first-order valence-corrected chi connectivity index (χ1v) is 8.82. The number of unbranched alkanes of at least 4 members (excludes halogenated alkanes) is 8. The summed E-state index contributed by atoms with van der Waals surface area (Å²) in [6.07, 6.45) is 15.2. The van der Waals surface area contributed by atoms with Crippen molar-refractivity contribution in [2.75, 3.05) is 0 Å². The summed E-state index contributed by atoms with van der Waals surface area (Å²) in [6, 6.07) is 4.09. The Labute approximate surface area is 131 Å². The number of aromatic nitrogens is 1. The zero-order chi connectivity index (χ0) is 15.3. The minimum atomic E-state index is -0.232. The number of hydrogen-bond donors (Lipinski definition) is 1. The highest BCUT2D eigenvalue weighted by Gasteiger charge is 2.06. The highest BCUT2D eigenvalue weighted by molar-refractivity contribution is 5.12. The third-order valence-corrected chi connectivity index (χ3v) is 4.06. The summed E-state index contributed by atoms with van der Waals surface area (Å²) < 4.78 is 0. The molecular weight excluding hydrogens is 258 g/mol. The lowest BCUT2D eigenvalue weighted by Crippen LogP contribution is -2.11. The van der Waals surface area contributed by atoms with Gasteiger partial charge in [0.25, 0.3) is 0 Å². The second-order valence-electron chi connectivity index (χ2n) is 6.30. The van der Waals surface area contributed by atoms with E-state index in [0.717, 1.165) is 18.5 Å². The molecule has 2 heteroatoms. The zero-order valence-electron chi connectivity index (χ0n) is 14.0. The van der Waals surface area contributed by atoms with Gasteiger partial charge in [0.15, 0.2) is 0 Å². The van der Waals surface area contributed by atoms with Crippen molar-refractivity contribution in [3.05, 3.63) is 29.6 Å². The summed E-state index contributed by atoms with van der Waals surface area (Å²) >= 11 is 0. The molecule has 0 saturated heterocycles. The molecule has 2 nitrogen and oxygen atoms in total. The maximum atomic E-state index is 10.0. The lowest BCUT2D eigenvalue weighted by Gasteiger charge is -2.10. The Kier molecular flexibility index (Phi) is 10.1. The van der Waals surface area contributed by atoms with Gasteiger partial charge >= 0.3 is 0 Å². The predicted molar refractivity (Wildman–Crippen MR) is 90.5 cm³/mol. The van der Waals surface area contributed by atoms with Crippen LogP contribution in [0.4, 0.5) is 0 Å². The van der Waals surface area contributed by atoms with E-state index in [1.165, 1.54) is 56.9 Å². The lowest BCUT2D eigenvalue weighted by molar-refractivity contribution is 0.159. The second kappa shape index (κ2) is 11.7. The van der Waals surface area contributed by atoms with E-state index in [1.54, 1.807) is 0 Å². The predicted octanol–water partition coefficient (Wildman–Crippen LogP) is 5.21. The van der Waals surface area contributed by atoms with E-state index in [9.17, 15) is 5.11 Å². The molecule has 0 aliphatic carbocycles. The lowest BCUT2D eigenvalue weighted by atomic mass is 10.0. The van der Waals surface area contributed by atoms with E-state index in [1.807, 2.05) is 19.2 Å². The Morgan fingerprint density at radius 3 is 2.14 bits per heavy atom. The summed E-state index contributed by atoms with van der Waals surface area (Å²) in [5, 5.41) is 10.0. The van der Waals surface area contributed by atoms with E-state index in [2.05, 4.69) is 18.0 Å². The first-order valence-electron chi connectivity index (χ1n) is 8.82. The Bertz CT molecular complexity index is 347. The average Bonchev–Trinajstić information content (AvgIpc) is 2.48. The molecule has 0 fully saturated rings. The fraction of sp³-hybridized carbons (Fsp3) is 0.737. The number of hydrogen-bond acceptors (Lipinski definition) is 2. The molecule has 0 bridgehead atoms. The molecule has 1 N–H and O–H groups in total. The third kappa shape index (κ3) is 9.62. The maximum absolute atomic E-state index is 10.0. The highest BCUT2D eigenvalue weighted by Crippen LogP contribution is 2.13. The molecule has 1 rings (SSSR count). The normalized spacial score (nSPS) is 12.5. The number of pyridine rings is 1. The van der Waals surface area contributed by atoms with Gasteiger partial charge in [0, 0.05) is 18.3 Å². The number of nitrogens with zero attached hydrogens (tertiary/aromatic N) is 1. The topological polar surface area (TPSA) is 33.1 Å². The van der Waals surface area contributed by atoms with Gasteiger partial charge in [-0.05, 0) is 25.0 Å². The Hall–Kier alpha value is -0.890. The van der Waals surface area contributed by atoms with E-state index < -0.39 is 0 Å². The molecule has 1 unspecified atom stereocenters. The summed E-state index contributed by atoms with van der Waals surface area (Å²) in [4.78, 5) is 4.35. The molecule has 1 aromatic rings. The standard InChI is InChI=1S/C19H33NO/c1-3-4-5-6-7-8-9-10-11-12-19(21)15-18-14-13-17(2)16-20-18/h13-14,16,19,21H,3-12,15H2,1-2H3. The van der Waals surface area contributed by atoms with E-state index >= 15 is 0 Å². The van der Waals surface area contributed by atoms with Crippen molar-refractivity contribution < 1.29 is 5.11 Å². The van der Waals surface area contributed by atoms with Crippen molar-refractivity contribution in [3.63, 3.8) is 0 Å². The molecular formula is C19H33NO. The SMILES string of the molecule is CCCCCCCCCCCC(O)Cc1ccc(C)cn1. The molecule has 0 spiro atoms. The number of aryl methyl sites for hydroxylation is 1. The van der Waals surface area contributed by atoms with Crippen molar-refractivity contribution in [2.24, 2.45) is 0 Å². The molecule has 0 aromatic carbocycles. The quantitative estimate of drug-likeness (QED) is 0.536. The van der Waals surface area contributed by atoms with Crippen molar-refractivity contribution in [3.8, 4) is 0 Å². The molecule has 0 saturated carbocycles. The summed E-state index contributed by atoms with van der Waals surface area (Å²) in [6.45, 7) is 4.30. The molecule has 0 aliphatic rings. The maximum Gasteiger partial charge on any atom is 0.0595 e. The van der Waals surface area contributed by atoms with Gasteiger partial charge in [0.05, 0.1) is 6.10 Å². The van der Waals surface area contributed by atoms with Crippen LogP contribution in [0, 0.1) is 6.92 Å². The number of aliphatic hydroxyl groups is 1. The van der Waals surface area contributed by atoms with E-state index in [-0.39, 0.29) is 6.10 Å². The van der Waals surface area contributed by atoms with Gasteiger partial charge in [-0.25, -0.2) is 0 Å². The van der Waals surface area contributed by atoms with Crippen LogP contribution >= 0.6 is 0 Å². The van der Waals surface area contributed by atoms with Crippen LogP contribution < -0.4 is 0 Å². The van der Waals surface area contributed by atoms with Crippen LogP contribution in [0.5, 0.6) is 0 Å². The molecule has 1 heterocycles. The van der Waals surface area contributed by atoms with Crippen LogP contribution in [0.25, 0.3) is 0 Å². The van der Waals surface area contributed by atoms with Crippen LogP contribution in [0.3, 0.4) is 0 Å². The highest BCUT2D eigenvalue weighted by atomic mass is 16.3. The smallest absolute Gasteiger partial charge is 0.0595 e. The van der Waals surface area contributed by atoms with Gasteiger partial charge in [-0.2, -0.15) is 0 Å². The minimum Gasteiger partial charge on any atom is -0.393 e. The Morgan fingerprint density at radius 1 is 0.952 bits per heavy atom. The van der Waals surface area contributed by atoms with Crippen LogP contribution in [0.15, 0.2) is 18.3 Å². The van der Waals surface area contributed by atoms with Gasteiger partial charge in [-0.15, -0.1) is 0 Å². The van der Waals surface area contributed by atoms with E-state index in [0.29, 0.717) is 6.42 Å². The van der Waals surface area contributed by atoms with Crippen molar-refractivity contribution >= 4 is 0 Å². The van der Waals surface area contributed by atoms with E-state index in [4.69, 9.17) is 0 Å². The van der Waals surface area contributed by atoms with Gasteiger partial charge in [-0.3, -0.25) is 4.98 Å². The number of rotatable bonds is 12. The monoisotopic (exact) mass is 291 g/mol. The fourth-order valence-corrected chi connectivity index (χ4v) is 2.65. The molecule has 1 atom stereocenters. The average molecular weight is 291 g/mol. The van der Waals surface area contributed by atoms with Crippen LogP contribution in [0.2, 0.25) is 0 Å². The van der Waals surface area contributed by atoms with Crippen LogP contribution in [0.1, 0.15) is 82.4 Å². The first kappa shape index (κ1) is 18.2. The van der Waals surface area contributed by atoms with Gasteiger partial charge in [-0.1, -0.05) is 70.8 Å². The molecule has 21 heavy (non-hydrogen) atoms. The van der Waals surface area contributed by atoms with Crippen LogP contribution in [-0.2, 0) is 6.42 Å². The summed E-state index contributed by atoms with van der Waals surface area (Å²) in [5.41, 5.74) is 2.18. The minimum absolute atomic E-state index is 0.232. The summed E-state index contributed by atoms with van der Waals surface area (Å²) in [7, 11) is 0. The zero-order valence-corrected chi connectivity index (χ0v) is 14.0. The van der Waals surface area contributed by atoms with Crippen molar-refractivity contribution in [2.45, 2.75) is 90.6 Å². The Balaban J connectivity index is 1.96. The molecule has 0 radical (unpaired) electrons. The summed E-state index contributed by atoms with van der Waals surface area (Å²) in [5.74, 6) is 0. The number of aliphatic hydroxyl groups excluding tert-OH is 1. The molecule has 1 aromatic heterocycles. The van der Waals surface area contributed by atoms with Crippen molar-refractivity contribution in [1.29, 1.82) is 0 Å². The molecule has 120 valence electrons. The largest absolute Gasteiger partial charge is 0.393 e. The van der Waals surface area contributed by atoms with Gasteiger partial charge in [0.1, 0.15) is 0 Å². The first-order chi connectivity index (χ1) is 10.2. The van der Waals surface area contributed by atoms with Gasteiger partial charge < -0.3 is 5.11 Å².